The molecule has 1 aromatic heterocycles. The summed E-state index contributed by atoms with van der Waals surface area (Å²) >= 11 is 5.62. The SMILES string of the molecule is O=C(OCc1ccc(Cl)nc1)c1ccccc1F. The van der Waals surface area contributed by atoms with Crippen LogP contribution >= 0.6 is 11.6 Å². The molecular weight excluding hydrogens is 257 g/mol. The van der Waals surface area contributed by atoms with Crippen molar-refractivity contribution in [1.82, 2.24) is 4.98 Å². The summed E-state index contributed by atoms with van der Waals surface area (Å²) in [4.78, 5) is 15.4. The average Bonchev–Trinajstić information content (AvgIpc) is 2.38. The van der Waals surface area contributed by atoms with E-state index in [1.54, 1.807) is 18.2 Å². The van der Waals surface area contributed by atoms with Crippen LogP contribution < -0.4 is 0 Å². The molecule has 1 heterocycles. The standard InChI is InChI=1S/C13H9ClFNO2/c14-12-6-5-9(7-16-12)8-18-13(17)10-3-1-2-4-11(10)15/h1-7H,8H2. The van der Waals surface area contributed by atoms with Crippen LogP contribution in [-0.4, -0.2) is 11.0 Å². The Bertz CT molecular complexity index is 557. The quantitative estimate of drug-likeness (QED) is 0.632. The molecule has 0 radical (unpaired) electrons. The normalized spacial score (nSPS) is 10.1. The van der Waals surface area contributed by atoms with Crippen molar-refractivity contribution < 1.29 is 13.9 Å². The van der Waals surface area contributed by atoms with Gasteiger partial charge in [-0.15, -0.1) is 0 Å². The lowest BCUT2D eigenvalue weighted by Crippen LogP contribution is -2.07. The molecule has 0 saturated carbocycles. The van der Waals surface area contributed by atoms with Crippen LogP contribution in [0.3, 0.4) is 0 Å². The number of carbonyl (C=O) groups excluding carboxylic acids is 1. The summed E-state index contributed by atoms with van der Waals surface area (Å²) in [6.07, 6.45) is 1.50. The number of carbonyl (C=O) groups is 1. The van der Waals surface area contributed by atoms with Crippen LogP contribution in [0.15, 0.2) is 42.6 Å². The number of nitrogens with zero attached hydrogens (tertiary/aromatic N) is 1. The summed E-state index contributed by atoms with van der Waals surface area (Å²) in [6.45, 7) is 0.0251. The van der Waals surface area contributed by atoms with E-state index in [-0.39, 0.29) is 12.2 Å². The molecule has 92 valence electrons. The van der Waals surface area contributed by atoms with Crippen molar-refractivity contribution in [2.75, 3.05) is 0 Å². The maximum Gasteiger partial charge on any atom is 0.341 e. The number of esters is 1. The third-order valence-corrected chi connectivity index (χ3v) is 2.48. The van der Waals surface area contributed by atoms with Gasteiger partial charge in [0.25, 0.3) is 0 Å². The van der Waals surface area contributed by atoms with E-state index in [4.69, 9.17) is 16.3 Å². The Morgan fingerprint density at radius 3 is 2.72 bits per heavy atom. The van der Waals surface area contributed by atoms with Crippen LogP contribution in [0.2, 0.25) is 5.15 Å². The summed E-state index contributed by atoms with van der Waals surface area (Å²) in [5.74, 6) is -1.31. The Morgan fingerprint density at radius 2 is 2.06 bits per heavy atom. The van der Waals surface area contributed by atoms with E-state index in [0.29, 0.717) is 10.7 Å². The van der Waals surface area contributed by atoms with Crippen molar-refractivity contribution in [1.29, 1.82) is 0 Å². The van der Waals surface area contributed by atoms with Gasteiger partial charge >= 0.3 is 5.97 Å². The monoisotopic (exact) mass is 265 g/mol. The summed E-state index contributed by atoms with van der Waals surface area (Å²) in [7, 11) is 0. The second-order valence-corrected chi connectivity index (χ2v) is 3.93. The fourth-order valence-electron chi connectivity index (χ4n) is 1.35. The van der Waals surface area contributed by atoms with E-state index in [9.17, 15) is 9.18 Å². The molecule has 0 aliphatic carbocycles. The molecule has 0 N–H and O–H groups in total. The fraction of sp³-hybridized carbons (Fsp3) is 0.0769. The third kappa shape index (κ3) is 3.05. The molecule has 2 rings (SSSR count). The molecule has 0 spiro atoms. The number of hydrogen-bond donors (Lipinski definition) is 0. The van der Waals surface area contributed by atoms with Gasteiger partial charge in [0.1, 0.15) is 17.6 Å². The first-order chi connectivity index (χ1) is 8.66. The van der Waals surface area contributed by atoms with Gasteiger partial charge in [0.05, 0.1) is 5.56 Å². The van der Waals surface area contributed by atoms with Crippen LogP contribution in [0.5, 0.6) is 0 Å². The lowest BCUT2D eigenvalue weighted by Gasteiger charge is -2.05. The molecule has 0 aliphatic heterocycles. The Labute approximate surface area is 108 Å². The number of hydrogen-bond acceptors (Lipinski definition) is 3. The molecule has 0 atom stereocenters. The first-order valence-electron chi connectivity index (χ1n) is 5.19. The number of rotatable bonds is 3. The topological polar surface area (TPSA) is 39.2 Å². The molecule has 0 aliphatic rings. The molecule has 0 fully saturated rings. The Balaban J connectivity index is 2.01. The van der Waals surface area contributed by atoms with Gasteiger partial charge < -0.3 is 4.74 Å². The zero-order valence-electron chi connectivity index (χ0n) is 9.27. The lowest BCUT2D eigenvalue weighted by atomic mass is 10.2. The maximum atomic E-state index is 13.3. The van der Waals surface area contributed by atoms with Gasteiger partial charge in [-0.25, -0.2) is 14.2 Å². The van der Waals surface area contributed by atoms with E-state index in [2.05, 4.69) is 4.98 Å². The van der Waals surface area contributed by atoms with Gasteiger partial charge in [-0.2, -0.15) is 0 Å². The largest absolute Gasteiger partial charge is 0.457 e. The minimum atomic E-state index is -0.706. The fourth-order valence-corrected chi connectivity index (χ4v) is 1.46. The van der Waals surface area contributed by atoms with E-state index in [1.807, 2.05) is 0 Å². The van der Waals surface area contributed by atoms with E-state index >= 15 is 0 Å². The predicted molar refractivity (Wildman–Crippen MR) is 64.8 cm³/mol. The van der Waals surface area contributed by atoms with Gasteiger partial charge in [0, 0.05) is 11.8 Å². The zero-order valence-corrected chi connectivity index (χ0v) is 10.0. The highest BCUT2D eigenvalue weighted by Gasteiger charge is 2.12. The molecule has 5 heteroatoms. The number of pyridine rings is 1. The first-order valence-corrected chi connectivity index (χ1v) is 5.56. The highest BCUT2D eigenvalue weighted by molar-refractivity contribution is 6.29. The van der Waals surface area contributed by atoms with E-state index in [1.165, 1.54) is 24.4 Å². The summed E-state index contributed by atoms with van der Waals surface area (Å²) in [5.41, 5.74) is 0.600. The van der Waals surface area contributed by atoms with Gasteiger partial charge in [0.15, 0.2) is 0 Å². The smallest absolute Gasteiger partial charge is 0.341 e. The van der Waals surface area contributed by atoms with Crippen molar-refractivity contribution in [3.05, 3.63) is 64.7 Å². The van der Waals surface area contributed by atoms with Crippen molar-refractivity contribution in [2.45, 2.75) is 6.61 Å². The summed E-state index contributed by atoms with van der Waals surface area (Å²) < 4.78 is 18.3. The summed E-state index contributed by atoms with van der Waals surface area (Å²) in [5, 5.41) is 0.360. The molecule has 3 nitrogen and oxygen atoms in total. The Morgan fingerprint density at radius 1 is 1.28 bits per heavy atom. The van der Waals surface area contributed by atoms with Crippen LogP contribution in [0, 0.1) is 5.82 Å². The Hall–Kier alpha value is -1.94. The molecular formula is C13H9ClFNO2. The lowest BCUT2D eigenvalue weighted by molar-refractivity contribution is 0.0467. The molecule has 0 unspecified atom stereocenters. The Kier molecular flexibility index (Phi) is 3.89. The van der Waals surface area contributed by atoms with Crippen molar-refractivity contribution >= 4 is 17.6 Å². The summed E-state index contributed by atoms with van der Waals surface area (Å²) in [6, 6.07) is 8.94. The minimum Gasteiger partial charge on any atom is -0.457 e. The zero-order chi connectivity index (χ0) is 13.0. The van der Waals surface area contributed by atoms with Crippen LogP contribution in [0.4, 0.5) is 4.39 Å². The van der Waals surface area contributed by atoms with Crippen LogP contribution in [-0.2, 0) is 11.3 Å². The van der Waals surface area contributed by atoms with E-state index in [0.717, 1.165) is 0 Å². The maximum absolute atomic E-state index is 13.3. The van der Waals surface area contributed by atoms with Crippen molar-refractivity contribution in [3.63, 3.8) is 0 Å². The highest BCUT2D eigenvalue weighted by Crippen LogP contribution is 2.11. The number of halogens is 2. The number of ether oxygens (including phenoxy) is 1. The van der Waals surface area contributed by atoms with Gasteiger partial charge in [0.2, 0.25) is 0 Å². The third-order valence-electron chi connectivity index (χ3n) is 2.25. The second-order valence-electron chi connectivity index (χ2n) is 3.55. The molecule has 2 aromatic rings. The van der Waals surface area contributed by atoms with Crippen LogP contribution in [0.1, 0.15) is 15.9 Å². The first kappa shape index (κ1) is 12.5. The van der Waals surface area contributed by atoms with Gasteiger partial charge in [-0.1, -0.05) is 29.8 Å². The van der Waals surface area contributed by atoms with Crippen molar-refractivity contribution in [2.24, 2.45) is 0 Å². The van der Waals surface area contributed by atoms with Crippen LogP contribution in [0.25, 0.3) is 0 Å². The molecule has 18 heavy (non-hydrogen) atoms. The molecule has 1 aromatic carbocycles. The van der Waals surface area contributed by atoms with Crippen molar-refractivity contribution in [3.8, 4) is 0 Å². The minimum absolute atomic E-state index is 0.0251. The second kappa shape index (κ2) is 5.60. The van der Waals surface area contributed by atoms with Gasteiger partial charge in [-0.3, -0.25) is 0 Å². The molecule has 0 amide bonds. The number of benzene rings is 1. The van der Waals surface area contributed by atoms with E-state index < -0.39 is 11.8 Å². The highest BCUT2D eigenvalue weighted by atomic mass is 35.5. The number of aromatic nitrogens is 1. The predicted octanol–water partition coefficient (Wildman–Crippen LogP) is 3.23. The molecule has 0 bridgehead atoms. The van der Waals surface area contributed by atoms with Gasteiger partial charge in [-0.05, 0) is 18.2 Å². The molecule has 0 saturated heterocycles. The average molecular weight is 266 g/mol.